The Morgan fingerprint density at radius 1 is 1.03 bits per heavy atom. The maximum atomic E-state index is 14.3. The summed E-state index contributed by atoms with van der Waals surface area (Å²) in [5.41, 5.74) is 3.57. The van der Waals surface area contributed by atoms with Crippen LogP contribution >= 0.6 is 0 Å². The number of ether oxygens (including phenoxy) is 4. The van der Waals surface area contributed by atoms with E-state index in [0.717, 1.165) is 11.3 Å². The van der Waals surface area contributed by atoms with Crippen LogP contribution in [0.15, 0.2) is 65.0 Å². The molecule has 0 aromatic heterocycles. The van der Waals surface area contributed by atoms with Crippen LogP contribution in [-0.4, -0.2) is 45.8 Å². The Morgan fingerprint density at radius 2 is 1.81 bits per heavy atom. The summed E-state index contributed by atoms with van der Waals surface area (Å²) in [5, 5.41) is 3.30. The molecule has 1 aliphatic carbocycles. The Bertz CT molecular complexity index is 1250. The van der Waals surface area contributed by atoms with Gasteiger partial charge in [0.1, 0.15) is 12.4 Å². The molecule has 8 heteroatoms. The summed E-state index contributed by atoms with van der Waals surface area (Å²) in [6, 6.07) is 11.7. The lowest BCUT2D eigenvalue weighted by Crippen LogP contribution is -2.36. The first kappa shape index (κ1) is 26.4. The van der Waals surface area contributed by atoms with Gasteiger partial charge in [-0.25, -0.2) is 9.18 Å². The second kappa shape index (κ2) is 11.6. The van der Waals surface area contributed by atoms with E-state index in [1.165, 1.54) is 12.1 Å². The van der Waals surface area contributed by atoms with Crippen LogP contribution < -0.4 is 14.8 Å². The third kappa shape index (κ3) is 5.54. The summed E-state index contributed by atoms with van der Waals surface area (Å²) in [4.78, 5) is 26.9. The normalized spacial score (nSPS) is 19.3. The van der Waals surface area contributed by atoms with Crippen molar-refractivity contribution in [2.24, 2.45) is 0 Å². The molecule has 2 aliphatic rings. The van der Waals surface area contributed by atoms with Gasteiger partial charge in [0.05, 0.1) is 26.4 Å². The number of ketones is 1. The van der Waals surface area contributed by atoms with Gasteiger partial charge in [0.2, 0.25) is 0 Å². The van der Waals surface area contributed by atoms with Gasteiger partial charge >= 0.3 is 5.97 Å². The number of carbonyl (C=O) groups is 2. The third-order valence-electron chi connectivity index (χ3n) is 6.77. The van der Waals surface area contributed by atoms with Crippen molar-refractivity contribution >= 4 is 11.8 Å². The zero-order valence-corrected chi connectivity index (χ0v) is 21.6. The Labute approximate surface area is 216 Å². The van der Waals surface area contributed by atoms with Crippen molar-refractivity contribution in [3.63, 3.8) is 0 Å². The maximum Gasteiger partial charge on any atom is 0.336 e. The minimum Gasteiger partial charge on any atom is -0.493 e. The number of Topliss-reactive ketones (excluding diaryl/α,β-unsaturated/α-hetero) is 1. The molecule has 37 heavy (non-hydrogen) atoms. The molecule has 0 saturated heterocycles. The van der Waals surface area contributed by atoms with Gasteiger partial charge in [0.25, 0.3) is 0 Å². The minimum atomic E-state index is -0.731. The van der Waals surface area contributed by atoms with Gasteiger partial charge in [-0.15, -0.1) is 0 Å². The van der Waals surface area contributed by atoms with E-state index in [2.05, 4.69) is 5.32 Å². The maximum absolute atomic E-state index is 14.3. The Hall–Kier alpha value is -3.65. The first-order valence-corrected chi connectivity index (χ1v) is 12.3. The lowest BCUT2D eigenvalue weighted by Gasteiger charge is -2.36. The smallest absolute Gasteiger partial charge is 0.336 e. The fourth-order valence-electron chi connectivity index (χ4n) is 5.09. The number of nitrogens with one attached hydrogen (secondary N) is 1. The molecule has 1 heterocycles. The van der Waals surface area contributed by atoms with Crippen LogP contribution in [0.4, 0.5) is 4.39 Å². The van der Waals surface area contributed by atoms with E-state index in [1.54, 1.807) is 33.3 Å². The summed E-state index contributed by atoms with van der Waals surface area (Å²) in [7, 11) is 3.15. The van der Waals surface area contributed by atoms with Crippen LogP contribution in [0, 0.1) is 5.82 Å². The van der Waals surface area contributed by atoms with Crippen LogP contribution in [0.25, 0.3) is 0 Å². The average molecular weight is 510 g/mol. The second-order valence-electron chi connectivity index (χ2n) is 9.02. The number of halogens is 1. The SMILES string of the molecule is CCOCCOC(=O)C1=C(C)NC2=C(C(=O)CC(c3ccc(OC)c(OC)c3)C2)C1c1cccc(F)c1. The lowest BCUT2D eigenvalue weighted by molar-refractivity contribution is -0.140. The van der Waals surface area contributed by atoms with Crippen molar-refractivity contribution < 1.29 is 32.9 Å². The number of dihydropyridines is 1. The number of allylic oxidation sites excluding steroid dienone is 3. The standard InChI is InChI=1S/C29H32FNO6/c1-5-36-11-12-37-29(33)26-17(2)31-22-14-20(18-9-10-24(34-3)25(16-18)35-4)15-23(32)28(22)27(26)19-7-6-8-21(30)13-19/h6-10,13,16,20,27,31H,5,11-12,14-15H2,1-4H3. The summed E-state index contributed by atoms with van der Waals surface area (Å²) in [5.74, 6) is -0.720. The van der Waals surface area contributed by atoms with Crippen molar-refractivity contribution in [1.29, 1.82) is 0 Å². The van der Waals surface area contributed by atoms with Crippen LogP contribution in [0.5, 0.6) is 11.5 Å². The zero-order chi connectivity index (χ0) is 26.5. The van der Waals surface area contributed by atoms with Crippen LogP contribution in [-0.2, 0) is 19.1 Å². The molecule has 2 aromatic rings. The largest absolute Gasteiger partial charge is 0.493 e. The molecule has 0 radical (unpaired) electrons. The molecule has 0 bridgehead atoms. The van der Waals surface area contributed by atoms with E-state index in [4.69, 9.17) is 18.9 Å². The fraction of sp³-hybridized carbons (Fsp3) is 0.379. The summed E-state index contributed by atoms with van der Waals surface area (Å²) in [6.45, 7) is 4.50. The number of hydrogen-bond acceptors (Lipinski definition) is 7. The Morgan fingerprint density at radius 3 is 2.51 bits per heavy atom. The molecule has 0 saturated carbocycles. The molecule has 2 unspecified atom stereocenters. The average Bonchev–Trinajstić information content (AvgIpc) is 2.89. The van der Waals surface area contributed by atoms with E-state index in [1.807, 2.05) is 25.1 Å². The predicted octanol–water partition coefficient (Wildman–Crippen LogP) is 4.78. The molecule has 1 aliphatic heterocycles. The van der Waals surface area contributed by atoms with E-state index in [0.29, 0.717) is 46.9 Å². The van der Waals surface area contributed by atoms with Gasteiger partial charge in [-0.1, -0.05) is 18.2 Å². The monoisotopic (exact) mass is 509 g/mol. The summed E-state index contributed by atoms with van der Waals surface area (Å²) < 4.78 is 35.8. The topological polar surface area (TPSA) is 83.1 Å². The van der Waals surface area contributed by atoms with Gasteiger partial charge in [-0.3, -0.25) is 4.79 Å². The minimum absolute atomic E-state index is 0.0839. The van der Waals surface area contributed by atoms with E-state index in [9.17, 15) is 14.0 Å². The number of hydrogen-bond donors (Lipinski definition) is 1. The quantitative estimate of drug-likeness (QED) is 0.385. The van der Waals surface area contributed by atoms with E-state index in [-0.39, 0.29) is 31.3 Å². The molecule has 1 N–H and O–H groups in total. The van der Waals surface area contributed by atoms with E-state index >= 15 is 0 Å². The molecule has 0 amide bonds. The van der Waals surface area contributed by atoms with Crippen molar-refractivity contribution in [3.05, 3.63) is 81.9 Å². The highest BCUT2D eigenvalue weighted by Crippen LogP contribution is 2.46. The van der Waals surface area contributed by atoms with Crippen LogP contribution in [0.3, 0.4) is 0 Å². The first-order chi connectivity index (χ1) is 17.9. The lowest BCUT2D eigenvalue weighted by atomic mass is 9.71. The molecule has 0 spiro atoms. The molecular weight excluding hydrogens is 477 g/mol. The molecule has 196 valence electrons. The number of benzene rings is 2. The van der Waals surface area contributed by atoms with Crippen molar-refractivity contribution in [2.75, 3.05) is 34.0 Å². The third-order valence-corrected chi connectivity index (χ3v) is 6.77. The van der Waals surface area contributed by atoms with Gasteiger partial charge in [-0.05, 0) is 61.6 Å². The zero-order valence-electron chi connectivity index (χ0n) is 21.6. The molecular formula is C29H32FNO6. The summed E-state index contributed by atoms with van der Waals surface area (Å²) >= 11 is 0. The Kier molecular flexibility index (Phi) is 8.28. The number of rotatable bonds is 9. The number of carbonyl (C=O) groups excluding carboxylic acids is 2. The highest BCUT2D eigenvalue weighted by atomic mass is 19.1. The molecule has 7 nitrogen and oxygen atoms in total. The molecule has 2 aromatic carbocycles. The van der Waals surface area contributed by atoms with Crippen LogP contribution in [0.2, 0.25) is 0 Å². The summed E-state index contributed by atoms with van der Waals surface area (Å²) in [6.07, 6.45) is 0.792. The molecule has 0 fully saturated rings. The second-order valence-corrected chi connectivity index (χ2v) is 9.02. The van der Waals surface area contributed by atoms with Crippen molar-refractivity contribution in [1.82, 2.24) is 5.32 Å². The molecule has 2 atom stereocenters. The first-order valence-electron chi connectivity index (χ1n) is 12.3. The highest BCUT2D eigenvalue weighted by molar-refractivity contribution is 6.04. The fourth-order valence-corrected chi connectivity index (χ4v) is 5.09. The van der Waals surface area contributed by atoms with Gasteiger partial charge in [0.15, 0.2) is 17.3 Å². The van der Waals surface area contributed by atoms with E-state index < -0.39 is 17.7 Å². The van der Waals surface area contributed by atoms with Gasteiger partial charge in [0, 0.05) is 35.9 Å². The van der Waals surface area contributed by atoms with Crippen molar-refractivity contribution in [2.45, 2.75) is 38.5 Å². The van der Waals surface area contributed by atoms with Gasteiger partial charge in [-0.2, -0.15) is 0 Å². The number of esters is 1. The highest BCUT2D eigenvalue weighted by Gasteiger charge is 2.41. The van der Waals surface area contributed by atoms with Gasteiger partial charge < -0.3 is 24.3 Å². The number of methoxy groups -OCH3 is 2. The van der Waals surface area contributed by atoms with Crippen LogP contribution in [0.1, 0.15) is 49.7 Å². The molecule has 4 rings (SSSR count). The Balaban J connectivity index is 1.71. The van der Waals surface area contributed by atoms with Crippen molar-refractivity contribution in [3.8, 4) is 11.5 Å². The predicted molar refractivity (Wildman–Crippen MR) is 136 cm³/mol.